The van der Waals surface area contributed by atoms with Crippen molar-refractivity contribution in [2.45, 2.75) is 13.3 Å². The van der Waals surface area contributed by atoms with Crippen molar-refractivity contribution in [3.05, 3.63) is 58.9 Å². The van der Waals surface area contributed by atoms with E-state index in [1.807, 2.05) is 48.5 Å². The van der Waals surface area contributed by atoms with E-state index in [0.29, 0.717) is 17.2 Å². The summed E-state index contributed by atoms with van der Waals surface area (Å²) < 4.78 is 12.9. The fourth-order valence-electron chi connectivity index (χ4n) is 2.34. The molecule has 7 heteroatoms. The fraction of sp³-hybridized carbons (Fsp3) is 0.211. The van der Waals surface area contributed by atoms with Crippen LogP contribution in [0.2, 0.25) is 0 Å². The summed E-state index contributed by atoms with van der Waals surface area (Å²) in [4.78, 5) is 0. The van der Waals surface area contributed by atoms with Crippen molar-refractivity contribution in [3.63, 3.8) is 0 Å². The van der Waals surface area contributed by atoms with Gasteiger partial charge in [0.1, 0.15) is 11.5 Å². The van der Waals surface area contributed by atoms with Crippen molar-refractivity contribution >= 4 is 18.4 Å². The van der Waals surface area contributed by atoms with Crippen molar-refractivity contribution in [2.75, 3.05) is 13.7 Å². The molecule has 3 aromatic rings. The van der Waals surface area contributed by atoms with Gasteiger partial charge < -0.3 is 9.47 Å². The van der Waals surface area contributed by atoms with E-state index in [0.717, 1.165) is 29.0 Å². The standard InChI is InChI=1S/C19H20N4O2S/c1-3-11-25-16-9-7-14(8-10-16)13-20-23-18(21-22-19(23)26)15-5-4-6-17(12-15)24-2/h4-10,12-13H,3,11H2,1-2H3,(H,22,26)/b20-13+. The van der Waals surface area contributed by atoms with Crippen LogP contribution in [-0.2, 0) is 0 Å². The number of aromatic nitrogens is 3. The largest absolute Gasteiger partial charge is 0.497 e. The molecule has 0 bridgehead atoms. The predicted molar refractivity (Wildman–Crippen MR) is 105 cm³/mol. The van der Waals surface area contributed by atoms with E-state index in [4.69, 9.17) is 21.7 Å². The molecule has 1 heterocycles. The van der Waals surface area contributed by atoms with Crippen LogP contribution in [0.1, 0.15) is 18.9 Å². The summed E-state index contributed by atoms with van der Waals surface area (Å²) >= 11 is 5.30. The Morgan fingerprint density at radius 1 is 1.19 bits per heavy atom. The van der Waals surface area contributed by atoms with Gasteiger partial charge in [0.15, 0.2) is 5.82 Å². The highest BCUT2D eigenvalue weighted by Gasteiger charge is 2.09. The van der Waals surface area contributed by atoms with Crippen molar-refractivity contribution in [2.24, 2.45) is 5.10 Å². The molecule has 26 heavy (non-hydrogen) atoms. The number of nitrogens with one attached hydrogen (secondary N) is 1. The van der Waals surface area contributed by atoms with E-state index in [-0.39, 0.29) is 0 Å². The van der Waals surface area contributed by atoms with Gasteiger partial charge in [0.05, 0.1) is 19.9 Å². The van der Waals surface area contributed by atoms with Crippen LogP contribution in [0.3, 0.4) is 0 Å². The molecule has 0 aliphatic rings. The lowest BCUT2D eigenvalue weighted by molar-refractivity contribution is 0.317. The maximum atomic E-state index is 5.59. The molecule has 0 fully saturated rings. The van der Waals surface area contributed by atoms with Gasteiger partial charge in [-0.15, -0.1) is 0 Å². The highest BCUT2D eigenvalue weighted by Crippen LogP contribution is 2.22. The van der Waals surface area contributed by atoms with E-state index >= 15 is 0 Å². The molecule has 0 unspecified atom stereocenters. The SMILES string of the molecule is CCCOc1ccc(/C=N/n2c(-c3cccc(OC)c3)n[nH]c2=S)cc1. The molecular formula is C19H20N4O2S. The first-order chi connectivity index (χ1) is 12.7. The molecule has 134 valence electrons. The molecule has 0 aliphatic carbocycles. The first kappa shape index (κ1) is 17.9. The van der Waals surface area contributed by atoms with E-state index in [2.05, 4.69) is 22.2 Å². The number of benzene rings is 2. The van der Waals surface area contributed by atoms with E-state index < -0.39 is 0 Å². The van der Waals surface area contributed by atoms with Crippen molar-refractivity contribution < 1.29 is 9.47 Å². The molecule has 0 amide bonds. The van der Waals surface area contributed by atoms with Crippen molar-refractivity contribution in [1.82, 2.24) is 14.9 Å². The number of aromatic amines is 1. The van der Waals surface area contributed by atoms with Gasteiger partial charge in [-0.3, -0.25) is 0 Å². The number of rotatable bonds is 7. The van der Waals surface area contributed by atoms with Crippen LogP contribution in [0.15, 0.2) is 53.6 Å². The van der Waals surface area contributed by atoms with E-state index in [1.165, 1.54) is 0 Å². The van der Waals surface area contributed by atoms with Gasteiger partial charge in [-0.25, -0.2) is 5.10 Å². The fourth-order valence-corrected chi connectivity index (χ4v) is 2.52. The predicted octanol–water partition coefficient (Wildman–Crippen LogP) is 4.29. The van der Waals surface area contributed by atoms with Gasteiger partial charge in [0.2, 0.25) is 4.77 Å². The second kappa shape index (κ2) is 8.44. The van der Waals surface area contributed by atoms with Crippen LogP contribution in [0.25, 0.3) is 11.4 Å². The lowest BCUT2D eigenvalue weighted by atomic mass is 10.2. The Morgan fingerprint density at radius 2 is 2.00 bits per heavy atom. The second-order valence-corrected chi connectivity index (χ2v) is 5.94. The van der Waals surface area contributed by atoms with Crippen molar-refractivity contribution in [1.29, 1.82) is 0 Å². The number of ether oxygens (including phenoxy) is 2. The lowest BCUT2D eigenvalue weighted by Crippen LogP contribution is -1.96. The summed E-state index contributed by atoms with van der Waals surface area (Å²) in [7, 11) is 1.63. The average Bonchev–Trinajstić information content (AvgIpc) is 3.06. The summed E-state index contributed by atoms with van der Waals surface area (Å²) in [6, 6.07) is 15.3. The Kier molecular flexibility index (Phi) is 5.80. The Labute approximate surface area is 157 Å². The van der Waals surface area contributed by atoms with Gasteiger partial charge in [-0.1, -0.05) is 19.1 Å². The Balaban J connectivity index is 1.85. The Bertz CT molecular complexity index is 945. The van der Waals surface area contributed by atoms with E-state index in [1.54, 1.807) is 18.0 Å². The van der Waals surface area contributed by atoms with Gasteiger partial charge in [0.25, 0.3) is 0 Å². The third-order valence-corrected chi connectivity index (χ3v) is 3.92. The van der Waals surface area contributed by atoms with Crippen LogP contribution in [-0.4, -0.2) is 34.8 Å². The smallest absolute Gasteiger partial charge is 0.216 e. The summed E-state index contributed by atoms with van der Waals surface area (Å²) in [5.41, 5.74) is 1.80. The molecule has 1 N–H and O–H groups in total. The van der Waals surface area contributed by atoms with Crippen LogP contribution in [0, 0.1) is 4.77 Å². The topological polar surface area (TPSA) is 64.4 Å². The quantitative estimate of drug-likeness (QED) is 0.499. The van der Waals surface area contributed by atoms with Gasteiger partial charge in [-0.2, -0.15) is 14.9 Å². The van der Waals surface area contributed by atoms with Crippen LogP contribution in [0.4, 0.5) is 0 Å². The minimum absolute atomic E-state index is 0.418. The summed E-state index contributed by atoms with van der Waals surface area (Å²) in [6.45, 7) is 2.79. The number of methoxy groups -OCH3 is 1. The summed E-state index contributed by atoms with van der Waals surface area (Å²) in [6.07, 6.45) is 2.72. The zero-order valence-electron chi connectivity index (χ0n) is 14.7. The monoisotopic (exact) mass is 368 g/mol. The molecule has 0 aliphatic heterocycles. The molecule has 6 nitrogen and oxygen atoms in total. The average molecular weight is 368 g/mol. The normalized spacial score (nSPS) is 11.0. The third kappa shape index (κ3) is 4.18. The molecule has 0 atom stereocenters. The minimum Gasteiger partial charge on any atom is -0.497 e. The van der Waals surface area contributed by atoms with Gasteiger partial charge in [-0.05, 0) is 60.6 Å². The Hall–Kier alpha value is -2.93. The first-order valence-electron chi connectivity index (χ1n) is 8.30. The minimum atomic E-state index is 0.418. The van der Waals surface area contributed by atoms with Crippen LogP contribution >= 0.6 is 12.2 Å². The lowest BCUT2D eigenvalue weighted by Gasteiger charge is -2.05. The third-order valence-electron chi connectivity index (χ3n) is 3.65. The molecule has 0 radical (unpaired) electrons. The zero-order valence-corrected chi connectivity index (χ0v) is 15.5. The number of H-pyrrole nitrogens is 1. The maximum absolute atomic E-state index is 5.59. The number of hydrogen-bond acceptors (Lipinski definition) is 5. The van der Waals surface area contributed by atoms with Crippen LogP contribution < -0.4 is 9.47 Å². The number of hydrogen-bond donors (Lipinski definition) is 1. The molecule has 3 rings (SSSR count). The van der Waals surface area contributed by atoms with Crippen molar-refractivity contribution in [3.8, 4) is 22.9 Å². The molecule has 0 saturated heterocycles. The summed E-state index contributed by atoms with van der Waals surface area (Å²) in [5.74, 6) is 2.21. The maximum Gasteiger partial charge on any atom is 0.216 e. The molecule has 0 spiro atoms. The van der Waals surface area contributed by atoms with Gasteiger partial charge >= 0.3 is 0 Å². The molecule has 0 saturated carbocycles. The zero-order chi connectivity index (χ0) is 18.4. The highest BCUT2D eigenvalue weighted by molar-refractivity contribution is 7.71. The van der Waals surface area contributed by atoms with Gasteiger partial charge in [0, 0.05) is 5.56 Å². The first-order valence-corrected chi connectivity index (χ1v) is 8.71. The van der Waals surface area contributed by atoms with E-state index in [9.17, 15) is 0 Å². The highest BCUT2D eigenvalue weighted by atomic mass is 32.1. The Morgan fingerprint density at radius 3 is 2.73 bits per heavy atom. The second-order valence-electron chi connectivity index (χ2n) is 5.56. The number of nitrogens with zero attached hydrogens (tertiary/aromatic N) is 3. The van der Waals surface area contributed by atoms with Crippen LogP contribution in [0.5, 0.6) is 11.5 Å². The molecule has 1 aromatic heterocycles. The molecular weight excluding hydrogens is 348 g/mol. The molecule has 2 aromatic carbocycles. The summed E-state index contributed by atoms with van der Waals surface area (Å²) in [5, 5.41) is 11.5.